The van der Waals surface area contributed by atoms with Crippen LogP contribution >= 0.6 is 12.4 Å². The zero-order valence-corrected chi connectivity index (χ0v) is 52.1. The van der Waals surface area contributed by atoms with Crippen molar-refractivity contribution in [3.8, 4) is 0 Å². The van der Waals surface area contributed by atoms with Crippen LogP contribution in [0.2, 0.25) is 0 Å². The van der Waals surface area contributed by atoms with E-state index in [0.29, 0.717) is 38.5 Å². The summed E-state index contributed by atoms with van der Waals surface area (Å²) >= 11 is 0. The molecule has 0 radical (unpaired) electrons. The maximum absolute atomic E-state index is 14.1. The van der Waals surface area contributed by atoms with Gasteiger partial charge in [-0.2, -0.15) is 39.5 Å². The molecular formula is C62H88ClF9N4O10. The molecule has 8 fully saturated rings. The van der Waals surface area contributed by atoms with Crippen LogP contribution < -0.4 is 5.32 Å². The predicted molar refractivity (Wildman–Crippen MR) is 304 cm³/mol. The van der Waals surface area contributed by atoms with Crippen LogP contribution in [-0.2, 0) is 41.7 Å². The molecule has 24 heteroatoms. The average molecular weight is 1260 g/mol. The van der Waals surface area contributed by atoms with Gasteiger partial charge in [0.05, 0.1) is 13.2 Å². The molecule has 0 spiro atoms. The number of piperidine rings is 4. The Morgan fingerprint density at radius 1 is 0.488 bits per heavy atom. The summed E-state index contributed by atoms with van der Waals surface area (Å²) in [6.07, 6.45) is -9.69. The van der Waals surface area contributed by atoms with Gasteiger partial charge in [0.1, 0.15) is 22.6 Å². The molecule has 0 saturated carbocycles. The average Bonchev–Trinajstić information content (AvgIpc) is 2.24. The first-order valence-corrected chi connectivity index (χ1v) is 29.7. The van der Waals surface area contributed by atoms with Gasteiger partial charge in [0, 0.05) is 99.7 Å². The van der Waals surface area contributed by atoms with Crippen molar-refractivity contribution in [2.45, 2.75) is 293 Å². The normalized spacial score (nSPS) is 30.4. The SMILES string of the molecule is CC(C)(C)OC(=O)N1C2CCC1CC(=O)C2.CC(C)(C)OC(=O)N1C2CCC1CC(O)(C(F)(F)F)C2.Cc1ccccc1COC1(C(F)(F)F)CC2CCC(C1)N2.Cc1ccccc1COC1(C(F)(F)F)CC2CCC(C1)N2C(=O)OC(C)(C)C.Cl. The molecule has 86 heavy (non-hydrogen) atoms. The third-order valence-electron chi connectivity index (χ3n) is 17.5. The molecule has 2 N–H and O–H groups in total. The second kappa shape index (κ2) is 26.5. The molecule has 14 nitrogen and oxygen atoms in total. The van der Waals surface area contributed by atoms with Crippen LogP contribution in [0.3, 0.4) is 0 Å². The molecule has 8 unspecified atom stereocenters. The van der Waals surface area contributed by atoms with Crippen molar-refractivity contribution in [3.05, 3.63) is 70.8 Å². The summed E-state index contributed by atoms with van der Waals surface area (Å²) in [6.45, 7) is 19.6. The quantitative estimate of drug-likeness (QED) is 0.210. The number of amides is 3. The minimum absolute atomic E-state index is 0. The van der Waals surface area contributed by atoms with Gasteiger partial charge in [-0.3, -0.25) is 4.79 Å². The maximum atomic E-state index is 14.1. The van der Waals surface area contributed by atoms with Gasteiger partial charge in [0.25, 0.3) is 0 Å². The largest absolute Gasteiger partial charge is 0.444 e. The summed E-state index contributed by atoms with van der Waals surface area (Å²) in [7, 11) is 0. The second-order valence-corrected chi connectivity index (χ2v) is 27.6. The molecule has 3 amide bonds. The number of rotatable bonds is 6. The van der Waals surface area contributed by atoms with E-state index in [1.807, 2.05) is 71.0 Å². The lowest BCUT2D eigenvalue weighted by Gasteiger charge is -2.46. The van der Waals surface area contributed by atoms with Crippen LogP contribution in [0.4, 0.5) is 53.9 Å². The smallest absolute Gasteiger partial charge is 0.417 e. The van der Waals surface area contributed by atoms with Crippen LogP contribution in [-0.4, -0.2) is 144 Å². The van der Waals surface area contributed by atoms with Crippen molar-refractivity contribution < 1.29 is 87.5 Å². The van der Waals surface area contributed by atoms with Gasteiger partial charge in [-0.15, -0.1) is 12.4 Å². The Morgan fingerprint density at radius 2 is 0.791 bits per heavy atom. The molecule has 2 aromatic carbocycles. The van der Waals surface area contributed by atoms with Crippen molar-refractivity contribution in [3.63, 3.8) is 0 Å². The van der Waals surface area contributed by atoms with E-state index >= 15 is 0 Å². The van der Waals surface area contributed by atoms with Crippen LogP contribution in [0.1, 0.15) is 187 Å². The van der Waals surface area contributed by atoms with E-state index < -0.39 is 101 Å². The fraction of sp³-hybridized carbons (Fsp3) is 0.742. The van der Waals surface area contributed by atoms with Crippen molar-refractivity contribution >= 4 is 36.5 Å². The molecule has 8 aliphatic heterocycles. The number of nitrogens with one attached hydrogen (secondary N) is 1. The summed E-state index contributed by atoms with van der Waals surface area (Å²) in [4.78, 5) is 52.7. The number of carbonyl (C=O) groups is 4. The Bertz CT molecular complexity index is 2620. The molecule has 486 valence electrons. The van der Waals surface area contributed by atoms with E-state index in [1.165, 1.54) is 9.80 Å². The Kier molecular flexibility index (Phi) is 21.7. The summed E-state index contributed by atoms with van der Waals surface area (Å²) in [5.74, 6) is 0.285. The van der Waals surface area contributed by atoms with Gasteiger partial charge in [0.2, 0.25) is 0 Å². The first-order valence-electron chi connectivity index (χ1n) is 29.7. The zero-order chi connectivity index (χ0) is 63.1. The standard InChI is InChI=1S/C21H28F3NO3.C16H20F3NO.C13H20F3NO3.C12H19NO3.ClH/c1-14-7-5-6-8-15(14)13-27-20(21(22,23)24)11-16-9-10-17(12-20)25(16)18(26)28-19(2,3)4;1-11-4-2-3-5-12(11)10-21-15(16(17,18)19)8-13-6-7-14(9-15)20-13;1-11(2,3)20-10(18)17-8-4-5-9(17)7-12(19,6-8)13(14,15)16;1-12(2,3)16-11(15)13-8-4-5-9(13)7-10(14)6-8;/h5-8,16-17H,9-13H2,1-4H3;2-5,13-14,20H,6-10H2,1H3;8-9,19H,4-7H2,1-3H3;8-9H,4-7H2,1-3H3;1H. The molecule has 2 aromatic rings. The molecule has 8 heterocycles. The number of hydrogen-bond donors (Lipinski definition) is 2. The number of aryl methyl sites for hydroxylation is 2. The second-order valence-electron chi connectivity index (χ2n) is 27.6. The van der Waals surface area contributed by atoms with Crippen LogP contribution in [0.5, 0.6) is 0 Å². The lowest BCUT2D eigenvalue weighted by Crippen LogP contribution is -2.60. The number of fused-ring (bicyclic) bond motifs is 8. The summed E-state index contributed by atoms with van der Waals surface area (Å²) in [5.41, 5.74) is -5.31. The predicted octanol–water partition coefficient (Wildman–Crippen LogP) is 14.5. The highest BCUT2D eigenvalue weighted by Gasteiger charge is 2.65. The van der Waals surface area contributed by atoms with Gasteiger partial charge in [0.15, 0.2) is 16.8 Å². The first-order chi connectivity index (χ1) is 39.1. The molecule has 8 atom stereocenters. The van der Waals surface area contributed by atoms with Crippen molar-refractivity contribution in [2.24, 2.45) is 0 Å². The fourth-order valence-corrected chi connectivity index (χ4v) is 13.4. The van der Waals surface area contributed by atoms with Crippen LogP contribution in [0.15, 0.2) is 48.5 Å². The number of ketones is 1. The lowest BCUT2D eigenvalue weighted by molar-refractivity contribution is -0.299. The molecule has 10 rings (SSSR count). The third kappa shape index (κ3) is 17.0. The van der Waals surface area contributed by atoms with E-state index in [2.05, 4.69) is 5.32 Å². The van der Waals surface area contributed by atoms with Gasteiger partial charge in [-0.25, -0.2) is 14.4 Å². The van der Waals surface area contributed by atoms with E-state index in [4.69, 9.17) is 23.7 Å². The number of ether oxygens (including phenoxy) is 5. The number of hydrogen-bond acceptors (Lipinski definition) is 11. The Hall–Kier alpha value is -4.58. The Labute approximate surface area is 505 Å². The number of nitrogens with zero attached hydrogens (tertiary/aromatic N) is 3. The number of alkyl halides is 9. The number of aliphatic hydroxyl groups is 1. The molecule has 0 aromatic heterocycles. The number of halogens is 10. The molecule has 8 saturated heterocycles. The number of Topliss-reactive ketones (excluding diaryl/α,β-unsaturated/α-hetero) is 1. The summed E-state index contributed by atoms with van der Waals surface area (Å²) in [5, 5.41) is 13.1. The van der Waals surface area contributed by atoms with E-state index in [0.717, 1.165) is 47.9 Å². The summed E-state index contributed by atoms with van der Waals surface area (Å²) < 4.78 is 149. The third-order valence-corrected chi connectivity index (χ3v) is 17.5. The minimum atomic E-state index is -4.66. The molecule has 0 aliphatic carbocycles. The van der Waals surface area contributed by atoms with E-state index in [9.17, 15) is 63.8 Å². The summed E-state index contributed by atoms with van der Waals surface area (Å²) in [6, 6.07) is 12.5. The van der Waals surface area contributed by atoms with Crippen LogP contribution in [0.25, 0.3) is 0 Å². The van der Waals surface area contributed by atoms with Gasteiger partial charge < -0.3 is 48.8 Å². The molecule has 8 bridgehead atoms. The van der Waals surface area contributed by atoms with E-state index in [-0.39, 0.29) is 87.3 Å². The van der Waals surface area contributed by atoms with Crippen molar-refractivity contribution in [2.75, 3.05) is 0 Å². The van der Waals surface area contributed by atoms with Crippen LogP contribution in [0, 0.1) is 13.8 Å². The highest BCUT2D eigenvalue weighted by atomic mass is 35.5. The fourth-order valence-electron chi connectivity index (χ4n) is 13.4. The van der Waals surface area contributed by atoms with Crippen molar-refractivity contribution in [1.82, 2.24) is 20.0 Å². The zero-order valence-electron chi connectivity index (χ0n) is 51.2. The maximum Gasteiger partial charge on any atom is 0.417 e. The lowest BCUT2D eigenvalue weighted by atomic mass is 9.85. The highest BCUT2D eigenvalue weighted by Crippen LogP contribution is 2.52. The van der Waals surface area contributed by atoms with Crippen molar-refractivity contribution in [1.29, 1.82) is 0 Å². The first kappa shape index (κ1) is 70.5. The van der Waals surface area contributed by atoms with E-state index in [1.54, 1.807) is 58.6 Å². The minimum Gasteiger partial charge on any atom is -0.444 e. The Morgan fingerprint density at radius 3 is 1.10 bits per heavy atom. The topological polar surface area (TPSA) is 156 Å². The number of benzene rings is 2. The monoisotopic (exact) mass is 1250 g/mol. The molecule has 8 aliphatic rings. The number of carbonyl (C=O) groups excluding carboxylic acids is 4. The van der Waals surface area contributed by atoms with Gasteiger partial charge in [-0.1, -0.05) is 48.5 Å². The Balaban J connectivity index is 0.000000186. The molecular weight excluding hydrogens is 1170 g/mol. The van der Waals surface area contributed by atoms with Gasteiger partial charge in [-0.05, 0) is 150 Å². The highest BCUT2D eigenvalue weighted by molar-refractivity contribution is 5.85. The van der Waals surface area contributed by atoms with Gasteiger partial charge >= 0.3 is 36.8 Å².